The van der Waals surface area contributed by atoms with Crippen LogP contribution in [0.5, 0.6) is 0 Å². The van der Waals surface area contributed by atoms with Gasteiger partial charge in [-0.1, -0.05) is 34.1 Å². The molecule has 2 heterocycles. The van der Waals surface area contributed by atoms with Gasteiger partial charge in [-0.05, 0) is 50.7 Å². The van der Waals surface area contributed by atoms with E-state index >= 15 is 0 Å². The smallest absolute Gasteiger partial charge is 0.0235 e. The molecular formula is C18H37N3. The van der Waals surface area contributed by atoms with Crippen molar-refractivity contribution in [2.24, 2.45) is 5.41 Å². The van der Waals surface area contributed by atoms with Crippen molar-refractivity contribution >= 4 is 0 Å². The molecule has 0 saturated carbocycles. The summed E-state index contributed by atoms with van der Waals surface area (Å²) >= 11 is 0. The standard InChI is InChI=1S/C18H37N3/c1-5-18(4,14-19-16(2)3)15-20-12-9-17(13-20)21-10-7-6-8-11-21/h16-17,19H,5-15H2,1-4H3. The van der Waals surface area contributed by atoms with E-state index in [1.165, 1.54) is 64.8 Å². The molecule has 3 heteroatoms. The van der Waals surface area contributed by atoms with Crippen molar-refractivity contribution in [3.8, 4) is 0 Å². The van der Waals surface area contributed by atoms with Crippen molar-refractivity contribution in [2.45, 2.75) is 71.9 Å². The van der Waals surface area contributed by atoms with E-state index in [1.807, 2.05) is 0 Å². The Kier molecular flexibility index (Phi) is 6.51. The maximum Gasteiger partial charge on any atom is 0.0235 e. The minimum absolute atomic E-state index is 0.418. The van der Waals surface area contributed by atoms with Crippen molar-refractivity contribution in [3.05, 3.63) is 0 Å². The van der Waals surface area contributed by atoms with Gasteiger partial charge < -0.3 is 10.2 Å². The predicted octanol–water partition coefficient (Wildman–Crippen LogP) is 2.96. The van der Waals surface area contributed by atoms with Crippen LogP contribution in [-0.2, 0) is 0 Å². The Labute approximate surface area is 132 Å². The maximum absolute atomic E-state index is 3.65. The molecule has 2 atom stereocenters. The van der Waals surface area contributed by atoms with Gasteiger partial charge in [-0.15, -0.1) is 0 Å². The summed E-state index contributed by atoms with van der Waals surface area (Å²) in [6.07, 6.45) is 6.93. The molecule has 0 aliphatic carbocycles. The number of hydrogen-bond donors (Lipinski definition) is 1. The molecule has 0 aromatic carbocycles. The quantitative estimate of drug-likeness (QED) is 0.779. The van der Waals surface area contributed by atoms with Crippen LogP contribution in [0.2, 0.25) is 0 Å². The average molecular weight is 296 g/mol. The van der Waals surface area contributed by atoms with Crippen molar-refractivity contribution in [1.82, 2.24) is 15.1 Å². The molecule has 0 spiro atoms. The Morgan fingerprint density at radius 1 is 1.14 bits per heavy atom. The number of piperidine rings is 1. The zero-order valence-corrected chi connectivity index (χ0v) is 14.8. The highest BCUT2D eigenvalue weighted by Crippen LogP contribution is 2.26. The van der Waals surface area contributed by atoms with E-state index in [9.17, 15) is 0 Å². The predicted molar refractivity (Wildman–Crippen MR) is 91.8 cm³/mol. The Hall–Kier alpha value is -0.120. The summed E-state index contributed by atoms with van der Waals surface area (Å²) in [5, 5.41) is 3.65. The summed E-state index contributed by atoms with van der Waals surface area (Å²) in [4.78, 5) is 5.49. The van der Waals surface area contributed by atoms with E-state index in [0.717, 1.165) is 12.6 Å². The van der Waals surface area contributed by atoms with Gasteiger partial charge in [-0.2, -0.15) is 0 Å². The normalized spacial score (nSPS) is 28.1. The van der Waals surface area contributed by atoms with E-state index in [0.29, 0.717) is 11.5 Å². The molecule has 2 unspecified atom stereocenters. The van der Waals surface area contributed by atoms with Gasteiger partial charge in [-0.3, -0.25) is 4.90 Å². The topological polar surface area (TPSA) is 18.5 Å². The van der Waals surface area contributed by atoms with Crippen LogP contribution in [-0.4, -0.2) is 61.2 Å². The van der Waals surface area contributed by atoms with Crippen LogP contribution in [0.1, 0.15) is 59.8 Å². The van der Waals surface area contributed by atoms with Crippen LogP contribution in [0.3, 0.4) is 0 Å². The van der Waals surface area contributed by atoms with Crippen LogP contribution < -0.4 is 5.32 Å². The van der Waals surface area contributed by atoms with Crippen LogP contribution in [0.4, 0.5) is 0 Å². The minimum atomic E-state index is 0.418. The number of rotatable bonds is 7. The van der Waals surface area contributed by atoms with Crippen LogP contribution in [0, 0.1) is 5.41 Å². The fraction of sp³-hybridized carbons (Fsp3) is 1.00. The molecule has 2 aliphatic heterocycles. The van der Waals surface area contributed by atoms with Gasteiger partial charge in [0, 0.05) is 31.7 Å². The average Bonchev–Trinajstić information content (AvgIpc) is 2.94. The van der Waals surface area contributed by atoms with Gasteiger partial charge in [-0.25, -0.2) is 0 Å². The highest BCUT2D eigenvalue weighted by atomic mass is 15.3. The summed E-state index contributed by atoms with van der Waals surface area (Å²) in [5.74, 6) is 0. The summed E-state index contributed by atoms with van der Waals surface area (Å²) in [7, 11) is 0. The molecule has 0 aromatic heterocycles. The van der Waals surface area contributed by atoms with Crippen LogP contribution >= 0.6 is 0 Å². The first-order valence-corrected chi connectivity index (χ1v) is 9.22. The Balaban J connectivity index is 1.79. The highest BCUT2D eigenvalue weighted by Gasteiger charge is 2.32. The highest BCUT2D eigenvalue weighted by molar-refractivity contribution is 4.89. The summed E-state index contributed by atoms with van der Waals surface area (Å²) in [6.45, 7) is 17.0. The van der Waals surface area contributed by atoms with Crippen molar-refractivity contribution in [3.63, 3.8) is 0 Å². The van der Waals surface area contributed by atoms with Gasteiger partial charge in [0.05, 0.1) is 0 Å². The third-order valence-corrected chi connectivity index (χ3v) is 5.55. The Morgan fingerprint density at radius 3 is 2.48 bits per heavy atom. The van der Waals surface area contributed by atoms with Gasteiger partial charge in [0.1, 0.15) is 0 Å². The lowest BCUT2D eigenvalue weighted by molar-refractivity contribution is 0.140. The molecule has 0 bridgehead atoms. The molecule has 0 amide bonds. The van der Waals surface area contributed by atoms with E-state index < -0.39 is 0 Å². The third kappa shape index (κ3) is 5.22. The van der Waals surface area contributed by atoms with E-state index in [-0.39, 0.29) is 0 Å². The summed E-state index contributed by atoms with van der Waals surface area (Å²) in [6, 6.07) is 1.43. The van der Waals surface area contributed by atoms with Gasteiger partial charge in [0.2, 0.25) is 0 Å². The Bertz CT molecular complexity index is 299. The lowest BCUT2D eigenvalue weighted by Gasteiger charge is -2.35. The second kappa shape index (κ2) is 7.94. The first kappa shape index (κ1) is 17.2. The largest absolute Gasteiger partial charge is 0.314 e. The van der Waals surface area contributed by atoms with E-state index in [4.69, 9.17) is 0 Å². The first-order valence-electron chi connectivity index (χ1n) is 9.22. The van der Waals surface area contributed by atoms with E-state index in [1.54, 1.807) is 0 Å². The fourth-order valence-electron chi connectivity index (χ4n) is 3.82. The lowest BCUT2D eigenvalue weighted by atomic mass is 9.86. The molecular weight excluding hydrogens is 258 g/mol. The maximum atomic E-state index is 3.65. The number of nitrogens with one attached hydrogen (secondary N) is 1. The number of likely N-dealkylation sites (tertiary alicyclic amines) is 2. The second-order valence-electron chi connectivity index (χ2n) is 7.97. The molecule has 0 radical (unpaired) electrons. The van der Waals surface area contributed by atoms with Crippen LogP contribution in [0.15, 0.2) is 0 Å². The molecule has 2 saturated heterocycles. The molecule has 2 aliphatic rings. The van der Waals surface area contributed by atoms with Gasteiger partial charge in [0.25, 0.3) is 0 Å². The molecule has 1 N–H and O–H groups in total. The van der Waals surface area contributed by atoms with Crippen molar-refractivity contribution < 1.29 is 0 Å². The first-order chi connectivity index (χ1) is 10.0. The molecule has 2 rings (SSSR count). The van der Waals surface area contributed by atoms with Crippen molar-refractivity contribution in [1.29, 1.82) is 0 Å². The third-order valence-electron chi connectivity index (χ3n) is 5.55. The van der Waals surface area contributed by atoms with Gasteiger partial charge >= 0.3 is 0 Å². The van der Waals surface area contributed by atoms with Crippen molar-refractivity contribution in [2.75, 3.05) is 39.3 Å². The van der Waals surface area contributed by atoms with Crippen LogP contribution in [0.25, 0.3) is 0 Å². The molecule has 3 nitrogen and oxygen atoms in total. The summed E-state index contributed by atoms with van der Waals surface area (Å²) in [5.41, 5.74) is 0.418. The van der Waals surface area contributed by atoms with E-state index in [2.05, 4.69) is 42.8 Å². The Morgan fingerprint density at radius 2 is 1.86 bits per heavy atom. The summed E-state index contributed by atoms with van der Waals surface area (Å²) < 4.78 is 0. The second-order valence-corrected chi connectivity index (χ2v) is 7.97. The number of hydrogen-bond acceptors (Lipinski definition) is 3. The zero-order valence-electron chi connectivity index (χ0n) is 14.8. The fourth-order valence-corrected chi connectivity index (χ4v) is 3.82. The monoisotopic (exact) mass is 295 g/mol. The molecule has 21 heavy (non-hydrogen) atoms. The lowest BCUT2D eigenvalue weighted by Crippen LogP contribution is -2.45. The van der Waals surface area contributed by atoms with Gasteiger partial charge in [0.15, 0.2) is 0 Å². The SMILES string of the molecule is CCC(C)(CNC(C)C)CN1CCC(N2CCCCC2)C1. The minimum Gasteiger partial charge on any atom is -0.314 e. The molecule has 0 aromatic rings. The zero-order chi connectivity index (χ0) is 15.3. The molecule has 124 valence electrons. The molecule has 2 fully saturated rings. The number of nitrogens with zero attached hydrogens (tertiary/aromatic N) is 2.